The molecule has 3 aromatic rings. The molecule has 32 heavy (non-hydrogen) atoms. The van der Waals surface area contributed by atoms with Crippen LogP contribution in [0.4, 0.5) is 8.78 Å². The fourth-order valence-electron chi connectivity index (χ4n) is 3.54. The zero-order chi connectivity index (χ0) is 23.6. The highest BCUT2D eigenvalue weighted by molar-refractivity contribution is 7.89. The quantitative estimate of drug-likeness (QED) is 0.554. The predicted molar refractivity (Wildman–Crippen MR) is 118 cm³/mol. The minimum Gasteiger partial charge on any atom is -0.349 e. The molecule has 0 fully saturated rings. The van der Waals surface area contributed by atoms with Crippen LogP contribution in [0.25, 0.3) is 11.0 Å². The molecule has 1 atom stereocenters. The fraction of sp³-hybridized carbons (Fsp3) is 0.364. The number of carbonyl (C=O) groups excluding carboxylic acids is 1. The zero-order valence-electron chi connectivity index (χ0n) is 18.4. The topological polar surface area (TPSA) is 84.3 Å². The Balaban J connectivity index is 1.76. The van der Waals surface area contributed by atoms with Crippen LogP contribution in [-0.4, -0.2) is 42.3 Å². The van der Waals surface area contributed by atoms with Crippen molar-refractivity contribution in [1.82, 2.24) is 19.2 Å². The van der Waals surface area contributed by atoms with Gasteiger partial charge >= 0.3 is 0 Å². The SMILES string of the molecule is CCn1c(CCC(=O)NC(C)c2ccc(F)cc2F)nc2cc(S(=O)(=O)N(C)C)ccc21. The van der Waals surface area contributed by atoms with Crippen molar-refractivity contribution in [2.75, 3.05) is 14.1 Å². The van der Waals surface area contributed by atoms with Crippen molar-refractivity contribution in [3.63, 3.8) is 0 Å². The summed E-state index contributed by atoms with van der Waals surface area (Å²) in [6, 6.07) is 7.41. The van der Waals surface area contributed by atoms with Gasteiger partial charge in [-0.25, -0.2) is 26.5 Å². The summed E-state index contributed by atoms with van der Waals surface area (Å²) in [5, 5.41) is 2.72. The van der Waals surface area contributed by atoms with Crippen molar-refractivity contribution in [2.24, 2.45) is 0 Å². The van der Waals surface area contributed by atoms with E-state index in [0.29, 0.717) is 24.3 Å². The molecule has 0 aliphatic heterocycles. The normalized spacial score (nSPS) is 13.0. The minimum absolute atomic E-state index is 0.110. The highest BCUT2D eigenvalue weighted by atomic mass is 32.2. The highest BCUT2D eigenvalue weighted by Crippen LogP contribution is 2.23. The smallest absolute Gasteiger partial charge is 0.242 e. The van der Waals surface area contributed by atoms with Crippen LogP contribution in [-0.2, 0) is 27.8 Å². The number of carbonyl (C=O) groups is 1. The Morgan fingerprint density at radius 1 is 1.19 bits per heavy atom. The molecule has 10 heteroatoms. The van der Waals surface area contributed by atoms with Crippen LogP contribution in [0.1, 0.15) is 37.7 Å². The molecule has 2 aromatic carbocycles. The Kier molecular flexibility index (Phi) is 6.94. The van der Waals surface area contributed by atoms with Crippen LogP contribution in [0.2, 0.25) is 0 Å². The van der Waals surface area contributed by atoms with Crippen molar-refractivity contribution in [1.29, 1.82) is 0 Å². The Hall–Kier alpha value is -2.85. The lowest BCUT2D eigenvalue weighted by molar-refractivity contribution is -0.121. The van der Waals surface area contributed by atoms with Gasteiger partial charge in [-0.1, -0.05) is 6.07 Å². The van der Waals surface area contributed by atoms with Crippen molar-refractivity contribution in [3.8, 4) is 0 Å². The van der Waals surface area contributed by atoms with E-state index in [9.17, 15) is 22.0 Å². The molecule has 0 aliphatic carbocycles. The zero-order valence-corrected chi connectivity index (χ0v) is 19.2. The number of benzene rings is 2. The number of aromatic nitrogens is 2. The van der Waals surface area contributed by atoms with Crippen molar-refractivity contribution in [3.05, 3.63) is 59.4 Å². The van der Waals surface area contributed by atoms with Crippen LogP contribution >= 0.6 is 0 Å². The van der Waals surface area contributed by atoms with Gasteiger partial charge in [0.1, 0.15) is 17.5 Å². The summed E-state index contributed by atoms with van der Waals surface area (Å²) in [7, 11) is -0.654. The molecule has 172 valence electrons. The lowest BCUT2D eigenvalue weighted by atomic mass is 10.1. The van der Waals surface area contributed by atoms with E-state index in [0.717, 1.165) is 22.0 Å². The summed E-state index contributed by atoms with van der Waals surface area (Å²) >= 11 is 0. The molecule has 1 heterocycles. The summed E-state index contributed by atoms with van der Waals surface area (Å²) < 4.78 is 54.9. The van der Waals surface area contributed by atoms with Gasteiger partial charge in [-0.15, -0.1) is 0 Å². The molecular formula is C22H26F2N4O3S. The third kappa shape index (κ3) is 4.81. The largest absolute Gasteiger partial charge is 0.349 e. The van der Waals surface area contributed by atoms with Gasteiger partial charge in [-0.3, -0.25) is 4.79 Å². The summed E-state index contributed by atoms with van der Waals surface area (Å²) in [5.41, 5.74) is 1.52. The summed E-state index contributed by atoms with van der Waals surface area (Å²) in [5.74, 6) is -1.04. The molecule has 0 radical (unpaired) electrons. The number of halogens is 2. The van der Waals surface area contributed by atoms with E-state index in [-0.39, 0.29) is 22.8 Å². The van der Waals surface area contributed by atoms with Gasteiger partial charge in [0, 0.05) is 45.1 Å². The van der Waals surface area contributed by atoms with Crippen molar-refractivity contribution < 1.29 is 22.0 Å². The number of nitrogens with one attached hydrogen (secondary N) is 1. The number of hydrogen-bond acceptors (Lipinski definition) is 4. The first-order chi connectivity index (χ1) is 15.0. The van der Waals surface area contributed by atoms with Crippen LogP contribution in [0.3, 0.4) is 0 Å². The van der Waals surface area contributed by atoms with E-state index >= 15 is 0 Å². The van der Waals surface area contributed by atoms with Gasteiger partial charge < -0.3 is 9.88 Å². The van der Waals surface area contributed by atoms with E-state index < -0.39 is 27.7 Å². The van der Waals surface area contributed by atoms with E-state index in [1.165, 1.54) is 26.2 Å². The number of sulfonamides is 1. The van der Waals surface area contributed by atoms with Crippen LogP contribution in [0.5, 0.6) is 0 Å². The molecule has 1 amide bonds. The molecule has 0 aliphatic rings. The first kappa shape index (κ1) is 23.8. The van der Waals surface area contributed by atoms with Crippen LogP contribution < -0.4 is 5.32 Å². The van der Waals surface area contributed by atoms with Gasteiger partial charge in [0.05, 0.1) is 22.0 Å². The summed E-state index contributed by atoms with van der Waals surface area (Å²) in [6.45, 7) is 4.17. The number of nitrogens with zero attached hydrogens (tertiary/aromatic N) is 3. The standard InChI is InChI=1S/C22H26F2N4O3S/c1-5-28-20-9-7-16(32(30,31)27(3)4)13-19(20)26-21(28)10-11-22(29)25-14(2)17-8-6-15(23)12-18(17)24/h6-9,12-14H,5,10-11H2,1-4H3,(H,25,29). The number of rotatable bonds is 8. The monoisotopic (exact) mass is 464 g/mol. The lowest BCUT2D eigenvalue weighted by Gasteiger charge is -2.15. The van der Waals surface area contributed by atoms with Crippen molar-refractivity contribution >= 4 is 27.0 Å². The Bertz CT molecular complexity index is 1260. The molecule has 0 saturated heterocycles. The molecule has 0 bridgehead atoms. The van der Waals surface area contributed by atoms with Gasteiger partial charge in [0.25, 0.3) is 0 Å². The molecule has 7 nitrogen and oxygen atoms in total. The fourth-order valence-corrected chi connectivity index (χ4v) is 4.47. The first-order valence-electron chi connectivity index (χ1n) is 10.2. The van der Waals surface area contributed by atoms with Gasteiger partial charge in [0.2, 0.25) is 15.9 Å². The lowest BCUT2D eigenvalue weighted by Crippen LogP contribution is -2.27. The second-order valence-electron chi connectivity index (χ2n) is 7.67. The van der Waals surface area contributed by atoms with Gasteiger partial charge in [-0.2, -0.15) is 0 Å². The van der Waals surface area contributed by atoms with E-state index in [2.05, 4.69) is 10.3 Å². The average molecular weight is 465 g/mol. The maximum Gasteiger partial charge on any atom is 0.242 e. The second kappa shape index (κ2) is 9.33. The third-order valence-corrected chi connectivity index (χ3v) is 7.09. The number of imidazole rings is 1. The van der Waals surface area contributed by atoms with E-state index in [4.69, 9.17) is 0 Å². The molecular weight excluding hydrogens is 438 g/mol. The third-order valence-electron chi connectivity index (χ3n) is 5.28. The maximum atomic E-state index is 13.9. The Morgan fingerprint density at radius 3 is 2.53 bits per heavy atom. The Morgan fingerprint density at radius 2 is 1.91 bits per heavy atom. The van der Waals surface area contributed by atoms with E-state index in [1.807, 2.05) is 11.5 Å². The second-order valence-corrected chi connectivity index (χ2v) is 9.82. The number of amides is 1. The molecule has 1 N–H and O–H groups in total. The summed E-state index contributed by atoms with van der Waals surface area (Å²) in [6.07, 6.45) is 0.433. The van der Waals surface area contributed by atoms with Crippen molar-refractivity contribution in [2.45, 2.75) is 44.2 Å². The molecule has 1 unspecified atom stereocenters. The Labute approximate surface area is 186 Å². The number of aryl methyl sites for hydroxylation is 2. The van der Waals surface area contributed by atoms with Crippen LogP contribution in [0, 0.1) is 11.6 Å². The number of hydrogen-bond donors (Lipinski definition) is 1. The molecule has 0 spiro atoms. The molecule has 3 rings (SSSR count). The summed E-state index contributed by atoms with van der Waals surface area (Å²) in [4.78, 5) is 17.1. The highest BCUT2D eigenvalue weighted by Gasteiger charge is 2.20. The van der Waals surface area contributed by atoms with E-state index in [1.54, 1.807) is 19.1 Å². The van der Waals surface area contributed by atoms with Gasteiger partial charge in [0.15, 0.2) is 0 Å². The predicted octanol–water partition coefficient (Wildman–Crippen LogP) is 3.39. The number of fused-ring (bicyclic) bond motifs is 1. The minimum atomic E-state index is -3.58. The average Bonchev–Trinajstić information content (AvgIpc) is 3.08. The molecule has 0 saturated carbocycles. The van der Waals surface area contributed by atoms with Crippen LogP contribution in [0.15, 0.2) is 41.3 Å². The maximum absolute atomic E-state index is 13.9. The van der Waals surface area contributed by atoms with Gasteiger partial charge in [-0.05, 0) is 38.1 Å². The first-order valence-corrected chi connectivity index (χ1v) is 11.6. The molecule has 1 aromatic heterocycles.